The lowest BCUT2D eigenvalue weighted by Crippen LogP contribution is -2.11. The average molecular weight is 186 g/mol. The van der Waals surface area contributed by atoms with Crippen molar-refractivity contribution in [1.29, 1.82) is 0 Å². The minimum absolute atomic E-state index is 0.0208. The van der Waals surface area contributed by atoms with Gasteiger partial charge in [0, 0.05) is 11.1 Å². The van der Waals surface area contributed by atoms with Crippen molar-refractivity contribution < 1.29 is 13.6 Å². The van der Waals surface area contributed by atoms with E-state index in [-0.39, 0.29) is 16.8 Å². The molecule has 0 bridgehead atoms. The molecule has 0 spiro atoms. The van der Waals surface area contributed by atoms with Gasteiger partial charge in [-0.1, -0.05) is 12.1 Å². The van der Waals surface area contributed by atoms with E-state index in [1.807, 2.05) is 0 Å². The number of aldehydes is 1. The zero-order chi connectivity index (χ0) is 9.84. The molecule has 0 unspecified atom stereocenters. The summed E-state index contributed by atoms with van der Waals surface area (Å²) in [6.45, 7) is 0. The lowest BCUT2D eigenvalue weighted by Gasteiger charge is -2.09. The van der Waals surface area contributed by atoms with Gasteiger partial charge >= 0.3 is 0 Å². The summed E-state index contributed by atoms with van der Waals surface area (Å²) in [7, 11) is 0. The van der Waals surface area contributed by atoms with Gasteiger partial charge < -0.3 is 5.43 Å². The van der Waals surface area contributed by atoms with Crippen LogP contribution in [0.15, 0.2) is 18.2 Å². The van der Waals surface area contributed by atoms with Gasteiger partial charge in [0.2, 0.25) is 0 Å². The third-order valence-electron chi connectivity index (χ3n) is 1.64. The van der Waals surface area contributed by atoms with E-state index in [2.05, 4.69) is 5.43 Å². The molecule has 0 saturated heterocycles. The van der Waals surface area contributed by atoms with Crippen molar-refractivity contribution in [2.75, 3.05) is 5.43 Å². The van der Waals surface area contributed by atoms with Crippen LogP contribution in [0.2, 0.25) is 0 Å². The Balaban J connectivity index is 3.26. The van der Waals surface area contributed by atoms with Gasteiger partial charge in [0.1, 0.15) is 0 Å². The molecule has 3 nitrogen and oxygen atoms in total. The fourth-order valence-electron chi connectivity index (χ4n) is 1.04. The highest BCUT2D eigenvalue weighted by Crippen LogP contribution is 2.28. The Kier molecular flexibility index (Phi) is 2.92. The summed E-state index contributed by atoms with van der Waals surface area (Å²) in [6.07, 6.45) is -2.17. The predicted octanol–water partition coefficient (Wildman–Crippen LogP) is 1.72. The lowest BCUT2D eigenvalue weighted by molar-refractivity contribution is 0.112. The maximum Gasteiger partial charge on any atom is 0.265 e. The van der Waals surface area contributed by atoms with Gasteiger partial charge in [0.05, 0.1) is 5.69 Å². The summed E-state index contributed by atoms with van der Waals surface area (Å²) in [5, 5.41) is 0. The van der Waals surface area contributed by atoms with Crippen molar-refractivity contribution in [3.05, 3.63) is 29.3 Å². The number of carbonyl (C=O) groups excluding carboxylic acids is 1. The molecule has 0 aliphatic rings. The molecule has 0 saturated carbocycles. The SMILES string of the molecule is NNc1c(C=O)cccc1C(F)F. The fourth-order valence-corrected chi connectivity index (χ4v) is 1.04. The molecule has 0 fully saturated rings. The van der Waals surface area contributed by atoms with E-state index >= 15 is 0 Å². The Bertz CT molecular complexity index is 315. The third kappa shape index (κ3) is 1.81. The highest BCUT2D eigenvalue weighted by molar-refractivity contribution is 5.85. The van der Waals surface area contributed by atoms with Gasteiger partial charge in [-0.2, -0.15) is 0 Å². The van der Waals surface area contributed by atoms with E-state index < -0.39 is 6.43 Å². The van der Waals surface area contributed by atoms with Crippen LogP contribution in [0.3, 0.4) is 0 Å². The van der Waals surface area contributed by atoms with E-state index in [1.165, 1.54) is 18.2 Å². The van der Waals surface area contributed by atoms with Crippen LogP contribution in [0.5, 0.6) is 0 Å². The number of hydrazine groups is 1. The van der Waals surface area contributed by atoms with Crippen LogP contribution >= 0.6 is 0 Å². The fraction of sp³-hybridized carbons (Fsp3) is 0.125. The van der Waals surface area contributed by atoms with Crippen LogP contribution in [-0.4, -0.2) is 6.29 Å². The van der Waals surface area contributed by atoms with Gasteiger partial charge in [-0.3, -0.25) is 10.6 Å². The number of halogens is 2. The second kappa shape index (κ2) is 3.95. The van der Waals surface area contributed by atoms with Crippen molar-refractivity contribution in [3.8, 4) is 0 Å². The molecule has 0 aliphatic carbocycles. The number of rotatable bonds is 3. The van der Waals surface area contributed by atoms with Gasteiger partial charge in [0.15, 0.2) is 6.29 Å². The molecule has 0 aliphatic heterocycles. The van der Waals surface area contributed by atoms with E-state index in [0.29, 0.717) is 6.29 Å². The number of nitrogens with one attached hydrogen (secondary N) is 1. The van der Waals surface area contributed by atoms with Gasteiger partial charge in [-0.15, -0.1) is 0 Å². The molecule has 13 heavy (non-hydrogen) atoms. The zero-order valence-electron chi connectivity index (χ0n) is 6.63. The Labute approximate surface area is 73.5 Å². The summed E-state index contributed by atoms with van der Waals surface area (Å²) >= 11 is 0. The number of benzene rings is 1. The van der Waals surface area contributed by atoms with Crippen LogP contribution in [0.4, 0.5) is 14.5 Å². The molecule has 0 aromatic heterocycles. The number of nitrogens with two attached hydrogens (primary N) is 1. The van der Waals surface area contributed by atoms with E-state index in [0.717, 1.165) is 0 Å². The Hall–Kier alpha value is -1.49. The zero-order valence-corrected chi connectivity index (χ0v) is 6.63. The number of hydrogen-bond acceptors (Lipinski definition) is 3. The minimum Gasteiger partial charge on any atom is -0.323 e. The molecule has 1 aromatic rings. The summed E-state index contributed by atoms with van der Waals surface area (Å²) in [5.41, 5.74) is 1.92. The standard InChI is InChI=1S/C8H8F2N2O/c9-8(10)6-3-1-2-5(4-13)7(6)12-11/h1-4,8,12H,11H2. The van der Waals surface area contributed by atoms with Crippen molar-refractivity contribution in [1.82, 2.24) is 0 Å². The number of anilines is 1. The molecule has 1 rings (SSSR count). The van der Waals surface area contributed by atoms with E-state index in [1.54, 1.807) is 0 Å². The summed E-state index contributed by atoms with van der Waals surface area (Å²) < 4.78 is 24.6. The van der Waals surface area contributed by atoms with Crippen LogP contribution in [0.25, 0.3) is 0 Å². The monoisotopic (exact) mass is 186 g/mol. The first-order valence-electron chi connectivity index (χ1n) is 3.53. The van der Waals surface area contributed by atoms with Gasteiger partial charge in [-0.25, -0.2) is 8.78 Å². The van der Waals surface area contributed by atoms with Crippen LogP contribution in [0.1, 0.15) is 22.3 Å². The van der Waals surface area contributed by atoms with Crippen molar-refractivity contribution >= 4 is 12.0 Å². The first-order chi connectivity index (χ1) is 6.20. The molecule has 5 heteroatoms. The Morgan fingerprint density at radius 1 is 1.46 bits per heavy atom. The lowest BCUT2D eigenvalue weighted by atomic mass is 10.1. The number of nitrogen functional groups attached to an aromatic ring is 1. The second-order valence-corrected chi connectivity index (χ2v) is 2.37. The van der Waals surface area contributed by atoms with Gasteiger partial charge in [-0.05, 0) is 6.07 Å². The molecule has 0 atom stereocenters. The molecule has 0 radical (unpaired) electrons. The topological polar surface area (TPSA) is 55.1 Å². The molecule has 3 N–H and O–H groups in total. The summed E-state index contributed by atoms with van der Waals surface area (Å²) in [4.78, 5) is 10.4. The number of alkyl halides is 2. The molecular weight excluding hydrogens is 178 g/mol. The first-order valence-corrected chi connectivity index (χ1v) is 3.53. The highest BCUT2D eigenvalue weighted by Gasteiger charge is 2.14. The molecule has 0 amide bonds. The third-order valence-corrected chi connectivity index (χ3v) is 1.64. The minimum atomic E-state index is -2.65. The molecule has 70 valence electrons. The van der Waals surface area contributed by atoms with Crippen LogP contribution in [-0.2, 0) is 0 Å². The molecule has 1 aromatic carbocycles. The molecular formula is C8H8F2N2O. The quantitative estimate of drug-likeness (QED) is 0.429. The van der Waals surface area contributed by atoms with Crippen LogP contribution < -0.4 is 11.3 Å². The smallest absolute Gasteiger partial charge is 0.265 e. The van der Waals surface area contributed by atoms with Crippen molar-refractivity contribution in [2.45, 2.75) is 6.43 Å². The summed E-state index contributed by atoms with van der Waals surface area (Å²) in [5.74, 6) is 5.02. The van der Waals surface area contributed by atoms with E-state index in [4.69, 9.17) is 5.84 Å². The average Bonchev–Trinajstić information content (AvgIpc) is 2.16. The highest BCUT2D eigenvalue weighted by atomic mass is 19.3. The number of hydrogen-bond donors (Lipinski definition) is 2. The largest absolute Gasteiger partial charge is 0.323 e. The van der Waals surface area contributed by atoms with Crippen LogP contribution in [0, 0.1) is 0 Å². The Morgan fingerprint density at radius 2 is 2.15 bits per heavy atom. The number of para-hydroxylation sites is 1. The normalized spacial score (nSPS) is 10.2. The molecule has 0 heterocycles. The predicted molar refractivity (Wildman–Crippen MR) is 44.6 cm³/mol. The van der Waals surface area contributed by atoms with Crippen molar-refractivity contribution in [3.63, 3.8) is 0 Å². The maximum absolute atomic E-state index is 12.3. The van der Waals surface area contributed by atoms with Gasteiger partial charge in [0.25, 0.3) is 6.43 Å². The summed E-state index contributed by atoms with van der Waals surface area (Å²) in [6, 6.07) is 4.01. The Morgan fingerprint density at radius 3 is 2.62 bits per heavy atom. The number of carbonyl (C=O) groups is 1. The first kappa shape index (κ1) is 9.60. The van der Waals surface area contributed by atoms with Crippen molar-refractivity contribution in [2.24, 2.45) is 5.84 Å². The second-order valence-electron chi connectivity index (χ2n) is 2.37. The maximum atomic E-state index is 12.3. The van der Waals surface area contributed by atoms with E-state index in [9.17, 15) is 13.6 Å².